The van der Waals surface area contributed by atoms with Gasteiger partial charge in [0.05, 0.1) is 25.4 Å². The summed E-state index contributed by atoms with van der Waals surface area (Å²) in [5.41, 5.74) is 0.360. The number of hydrogen-bond acceptors (Lipinski definition) is 3. The van der Waals surface area contributed by atoms with Gasteiger partial charge in [0.25, 0.3) is 0 Å². The number of carbonyl (C=O) groups is 1. The molecule has 0 aromatic carbocycles. The second kappa shape index (κ2) is 11.0. The van der Waals surface area contributed by atoms with Gasteiger partial charge in [-0.2, -0.15) is 0 Å². The first-order chi connectivity index (χ1) is 8.57. The lowest BCUT2D eigenvalue weighted by Gasteiger charge is -2.07. The zero-order valence-electron chi connectivity index (χ0n) is 11.7. The molecule has 3 heteroatoms. The van der Waals surface area contributed by atoms with Crippen molar-refractivity contribution in [3.63, 3.8) is 0 Å². The van der Waals surface area contributed by atoms with E-state index in [1.165, 1.54) is 12.8 Å². The number of ether oxygens (including phenoxy) is 2. The van der Waals surface area contributed by atoms with Gasteiger partial charge in [-0.25, -0.2) is 4.79 Å². The van der Waals surface area contributed by atoms with Gasteiger partial charge in [0.15, 0.2) is 0 Å². The van der Waals surface area contributed by atoms with Crippen LogP contribution in [0.1, 0.15) is 39.5 Å². The van der Waals surface area contributed by atoms with Crippen molar-refractivity contribution in [2.75, 3.05) is 19.8 Å². The molecule has 0 radical (unpaired) electrons. The van der Waals surface area contributed by atoms with Crippen molar-refractivity contribution in [2.45, 2.75) is 39.5 Å². The third-order valence-electron chi connectivity index (χ3n) is 2.46. The monoisotopic (exact) mass is 254 g/mol. The highest BCUT2D eigenvalue weighted by atomic mass is 16.5. The highest BCUT2D eigenvalue weighted by Gasteiger charge is 2.07. The lowest BCUT2D eigenvalue weighted by molar-refractivity contribution is -0.139. The van der Waals surface area contributed by atoms with Gasteiger partial charge in [-0.1, -0.05) is 45.8 Å². The van der Waals surface area contributed by atoms with Crippen LogP contribution in [0.15, 0.2) is 24.8 Å². The fraction of sp³-hybridized carbons (Fsp3) is 0.667. The third-order valence-corrected chi connectivity index (χ3v) is 2.46. The van der Waals surface area contributed by atoms with Crippen LogP contribution in [0.5, 0.6) is 0 Å². The minimum atomic E-state index is -0.358. The summed E-state index contributed by atoms with van der Waals surface area (Å²) < 4.78 is 10.2. The van der Waals surface area contributed by atoms with Gasteiger partial charge in [0.1, 0.15) is 0 Å². The summed E-state index contributed by atoms with van der Waals surface area (Å²) in [5, 5.41) is 0. The Labute approximate surface area is 111 Å². The van der Waals surface area contributed by atoms with Crippen LogP contribution in [0.3, 0.4) is 0 Å². The van der Waals surface area contributed by atoms with Crippen molar-refractivity contribution >= 4 is 5.97 Å². The SMILES string of the molecule is C=CCOCC(=C)C(=O)OCCCCCC(C)C. The van der Waals surface area contributed by atoms with Crippen LogP contribution in [0.25, 0.3) is 0 Å². The first kappa shape index (κ1) is 16.9. The van der Waals surface area contributed by atoms with Crippen LogP contribution in [-0.2, 0) is 14.3 Å². The van der Waals surface area contributed by atoms with Gasteiger partial charge in [-0.05, 0) is 12.3 Å². The van der Waals surface area contributed by atoms with E-state index in [0.29, 0.717) is 18.8 Å². The Kier molecular flexibility index (Phi) is 10.4. The molecule has 0 aliphatic rings. The molecule has 104 valence electrons. The van der Waals surface area contributed by atoms with E-state index in [-0.39, 0.29) is 12.6 Å². The lowest BCUT2D eigenvalue weighted by Crippen LogP contribution is -2.12. The van der Waals surface area contributed by atoms with Crippen molar-refractivity contribution in [2.24, 2.45) is 5.92 Å². The number of unbranched alkanes of at least 4 members (excludes halogenated alkanes) is 2. The molecule has 0 unspecified atom stereocenters. The average Bonchev–Trinajstić information content (AvgIpc) is 2.33. The van der Waals surface area contributed by atoms with Crippen LogP contribution in [0.2, 0.25) is 0 Å². The van der Waals surface area contributed by atoms with Crippen molar-refractivity contribution in [1.29, 1.82) is 0 Å². The molecular weight excluding hydrogens is 228 g/mol. The first-order valence-electron chi connectivity index (χ1n) is 6.61. The molecule has 0 heterocycles. The smallest absolute Gasteiger partial charge is 0.335 e. The summed E-state index contributed by atoms with van der Waals surface area (Å²) >= 11 is 0. The molecule has 0 saturated heterocycles. The Balaban J connectivity index is 3.46. The van der Waals surface area contributed by atoms with Crippen LogP contribution in [-0.4, -0.2) is 25.8 Å². The van der Waals surface area contributed by atoms with E-state index in [2.05, 4.69) is 27.0 Å². The predicted octanol–water partition coefficient (Wildman–Crippen LogP) is 3.50. The molecule has 0 saturated carbocycles. The Morgan fingerprint density at radius 2 is 2.00 bits per heavy atom. The molecular formula is C15H26O3. The predicted molar refractivity (Wildman–Crippen MR) is 74.4 cm³/mol. The fourth-order valence-corrected chi connectivity index (χ4v) is 1.42. The first-order valence-corrected chi connectivity index (χ1v) is 6.61. The molecule has 0 fully saturated rings. The molecule has 3 nitrogen and oxygen atoms in total. The summed E-state index contributed by atoms with van der Waals surface area (Å²) in [6.45, 7) is 12.7. The normalized spacial score (nSPS) is 10.4. The van der Waals surface area contributed by atoms with Gasteiger partial charge in [0.2, 0.25) is 0 Å². The zero-order valence-corrected chi connectivity index (χ0v) is 11.7. The van der Waals surface area contributed by atoms with Gasteiger partial charge in [-0.3, -0.25) is 0 Å². The molecule has 0 bridgehead atoms. The molecule has 0 N–H and O–H groups in total. The maximum absolute atomic E-state index is 11.5. The summed E-state index contributed by atoms with van der Waals surface area (Å²) in [7, 11) is 0. The molecule has 0 aliphatic carbocycles. The lowest BCUT2D eigenvalue weighted by atomic mass is 10.1. The van der Waals surface area contributed by atoms with Crippen LogP contribution in [0.4, 0.5) is 0 Å². The van der Waals surface area contributed by atoms with E-state index >= 15 is 0 Å². The molecule has 0 amide bonds. The van der Waals surface area contributed by atoms with E-state index in [4.69, 9.17) is 9.47 Å². The summed E-state index contributed by atoms with van der Waals surface area (Å²) in [6.07, 6.45) is 6.08. The quantitative estimate of drug-likeness (QED) is 0.245. The highest BCUT2D eigenvalue weighted by molar-refractivity contribution is 5.87. The van der Waals surface area contributed by atoms with E-state index < -0.39 is 0 Å². The summed E-state index contributed by atoms with van der Waals surface area (Å²) in [6, 6.07) is 0. The van der Waals surface area contributed by atoms with Crippen molar-refractivity contribution < 1.29 is 14.3 Å². The Morgan fingerprint density at radius 3 is 2.61 bits per heavy atom. The molecule has 0 spiro atoms. The largest absolute Gasteiger partial charge is 0.462 e. The number of esters is 1. The second-order valence-corrected chi connectivity index (χ2v) is 4.79. The number of rotatable bonds is 11. The zero-order chi connectivity index (χ0) is 13.8. The van der Waals surface area contributed by atoms with Gasteiger partial charge in [-0.15, -0.1) is 6.58 Å². The Morgan fingerprint density at radius 1 is 1.28 bits per heavy atom. The van der Waals surface area contributed by atoms with Crippen molar-refractivity contribution in [3.05, 3.63) is 24.8 Å². The molecule has 0 aliphatic heterocycles. The Bertz CT molecular complexity index is 256. The van der Waals surface area contributed by atoms with Gasteiger partial charge >= 0.3 is 5.97 Å². The topological polar surface area (TPSA) is 35.5 Å². The van der Waals surface area contributed by atoms with Crippen LogP contribution >= 0.6 is 0 Å². The van der Waals surface area contributed by atoms with Crippen LogP contribution in [0, 0.1) is 5.92 Å². The number of carbonyl (C=O) groups excluding carboxylic acids is 1. The average molecular weight is 254 g/mol. The minimum Gasteiger partial charge on any atom is -0.462 e. The summed E-state index contributed by atoms with van der Waals surface area (Å²) in [5.74, 6) is 0.386. The fourth-order valence-electron chi connectivity index (χ4n) is 1.42. The minimum absolute atomic E-state index is 0.207. The number of hydrogen-bond donors (Lipinski definition) is 0. The van der Waals surface area contributed by atoms with Crippen molar-refractivity contribution in [1.82, 2.24) is 0 Å². The maximum atomic E-state index is 11.5. The molecule has 0 atom stereocenters. The second-order valence-electron chi connectivity index (χ2n) is 4.79. The van der Waals surface area contributed by atoms with Crippen LogP contribution < -0.4 is 0 Å². The van der Waals surface area contributed by atoms with E-state index in [1.807, 2.05) is 0 Å². The summed E-state index contributed by atoms with van der Waals surface area (Å²) in [4.78, 5) is 11.5. The molecule has 0 rings (SSSR count). The highest BCUT2D eigenvalue weighted by Crippen LogP contribution is 2.08. The molecule has 18 heavy (non-hydrogen) atoms. The maximum Gasteiger partial charge on any atom is 0.335 e. The third kappa shape index (κ3) is 10.1. The standard InChI is InChI=1S/C15H26O3/c1-5-10-17-12-14(4)15(16)18-11-8-6-7-9-13(2)3/h5,13H,1,4,6-12H2,2-3H3. The van der Waals surface area contributed by atoms with E-state index in [0.717, 1.165) is 18.8 Å². The van der Waals surface area contributed by atoms with E-state index in [1.54, 1.807) is 6.08 Å². The van der Waals surface area contributed by atoms with Gasteiger partial charge in [0, 0.05) is 0 Å². The van der Waals surface area contributed by atoms with Crippen molar-refractivity contribution in [3.8, 4) is 0 Å². The van der Waals surface area contributed by atoms with E-state index in [9.17, 15) is 4.79 Å². The molecule has 0 aromatic rings. The van der Waals surface area contributed by atoms with Gasteiger partial charge < -0.3 is 9.47 Å². The molecule has 0 aromatic heterocycles. The Hall–Kier alpha value is -1.09.